The van der Waals surface area contributed by atoms with Crippen LogP contribution < -0.4 is 5.32 Å². The number of rotatable bonds is 7. The number of aryl methyl sites for hydroxylation is 1. The predicted molar refractivity (Wildman–Crippen MR) is 105 cm³/mol. The van der Waals surface area contributed by atoms with Gasteiger partial charge in [-0.25, -0.2) is 14.4 Å². The van der Waals surface area contributed by atoms with Gasteiger partial charge in [0.25, 0.3) is 5.91 Å². The van der Waals surface area contributed by atoms with Crippen LogP contribution in [0.1, 0.15) is 26.5 Å². The summed E-state index contributed by atoms with van der Waals surface area (Å²) in [5, 5.41) is 2.75. The summed E-state index contributed by atoms with van der Waals surface area (Å²) in [6.07, 6.45) is 0. The van der Waals surface area contributed by atoms with Gasteiger partial charge in [0.15, 0.2) is 5.78 Å². The number of ketones is 1. The molecule has 1 N–H and O–H groups in total. The number of para-hydroxylation sites is 2. The Morgan fingerprint density at radius 2 is 1.70 bits per heavy atom. The van der Waals surface area contributed by atoms with E-state index in [4.69, 9.17) is 0 Å². The van der Waals surface area contributed by atoms with Crippen LogP contribution in [0.5, 0.6) is 0 Å². The minimum atomic E-state index is -0.382. The number of carbonyl (C=O) groups is 2. The molecular formula is C20H18FN3O2S. The summed E-state index contributed by atoms with van der Waals surface area (Å²) in [7, 11) is 0. The van der Waals surface area contributed by atoms with Crippen molar-refractivity contribution in [3.05, 3.63) is 71.3 Å². The quantitative estimate of drug-likeness (QED) is 0.500. The van der Waals surface area contributed by atoms with Crippen LogP contribution >= 0.6 is 11.8 Å². The Bertz CT molecular complexity index is 977. The number of hydrogen-bond donors (Lipinski definition) is 1. The topological polar surface area (TPSA) is 72.0 Å². The molecule has 1 amide bonds. The molecule has 0 saturated heterocycles. The normalized spacial score (nSPS) is 10.7. The summed E-state index contributed by atoms with van der Waals surface area (Å²) >= 11 is 1.42. The summed E-state index contributed by atoms with van der Waals surface area (Å²) in [5.74, 6) is 0.116. The summed E-state index contributed by atoms with van der Waals surface area (Å²) in [6, 6.07) is 12.8. The third kappa shape index (κ3) is 4.89. The van der Waals surface area contributed by atoms with Crippen molar-refractivity contribution < 1.29 is 14.0 Å². The first-order chi connectivity index (χ1) is 13.0. The van der Waals surface area contributed by atoms with Crippen LogP contribution in [0.3, 0.4) is 0 Å². The van der Waals surface area contributed by atoms with Gasteiger partial charge in [-0.05, 0) is 43.3 Å². The van der Waals surface area contributed by atoms with Crippen molar-refractivity contribution in [2.45, 2.75) is 6.92 Å². The average molecular weight is 383 g/mol. The van der Waals surface area contributed by atoms with Gasteiger partial charge in [-0.2, -0.15) is 11.8 Å². The number of Topliss-reactive ketones (excluding diaryl/α,β-unsaturated/α-hetero) is 1. The van der Waals surface area contributed by atoms with Gasteiger partial charge in [-0.15, -0.1) is 0 Å². The Hall–Kier alpha value is -2.80. The third-order valence-corrected chi connectivity index (χ3v) is 4.84. The number of nitrogens with one attached hydrogen (secondary N) is 1. The second-order valence-electron chi connectivity index (χ2n) is 5.88. The van der Waals surface area contributed by atoms with Crippen LogP contribution in [0.15, 0.2) is 48.5 Å². The lowest BCUT2D eigenvalue weighted by molar-refractivity contribution is 0.0955. The molecule has 0 saturated carbocycles. The number of benzene rings is 2. The summed E-state index contributed by atoms with van der Waals surface area (Å²) in [6.45, 7) is 2.19. The molecule has 0 bridgehead atoms. The Balaban J connectivity index is 1.48. The van der Waals surface area contributed by atoms with Gasteiger partial charge in [0.1, 0.15) is 11.5 Å². The molecule has 0 fully saturated rings. The highest BCUT2D eigenvalue weighted by atomic mass is 32.2. The minimum absolute atomic E-state index is 0.0828. The van der Waals surface area contributed by atoms with Crippen LogP contribution in [-0.2, 0) is 0 Å². The van der Waals surface area contributed by atoms with Gasteiger partial charge in [0, 0.05) is 17.9 Å². The smallest absolute Gasteiger partial charge is 0.251 e. The lowest BCUT2D eigenvalue weighted by Gasteiger charge is -2.07. The Morgan fingerprint density at radius 1 is 1.04 bits per heavy atom. The van der Waals surface area contributed by atoms with Gasteiger partial charge >= 0.3 is 0 Å². The van der Waals surface area contributed by atoms with E-state index in [1.807, 2.05) is 24.3 Å². The fourth-order valence-corrected chi connectivity index (χ4v) is 3.24. The van der Waals surface area contributed by atoms with Gasteiger partial charge in [-0.1, -0.05) is 12.1 Å². The maximum Gasteiger partial charge on any atom is 0.251 e. The fourth-order valence-electron chi connectivity index (χ4n) is 2.53. The van der Waals surface area contributed by atoms with Gasteiger partial charge in [0.2, 0.25) is 0 Å². The molecule has 0 aliphatic rings. The van der Waals surface area contributed by atoms with Crippen LogP contribution in [-0.4, -0.2) is 39.7 Å². The van der Waals surface area contributed by atoms with Gasteiger partial charge in [-0.3, -0.25) is 9.59 Å². The third-order valence-electron chi connectivity index (χ3n) is 3.88. The maximum atomic E-state index is 12.9. The number of halogens is 1. The molecule has 27 heavy (non-hydrogen) atoms. The van der Waals surface area contributed by atoms with Crippen molar-refractivity contribution in [2.75, 3.05) is 18.1 Å². The highest BCUT2D eigenvalue weighted by Gasteiger charge is 2.13. The molecule has 0 aliphatic carbocycles. The number of amides is 1. The summed E-state index contributed by atoms with van der Waals surface area (Å²) < 4.78 is 12.9. The summed E-state index contributed by atoms with van der Waals surface area (Å²) in [5.41, 5.74) is 2.87. The van der Waals surface area contributed by atoms with Gasteiger partial charge in [0.05, 0.1) is 22.5 Å². The van der Waals surface area contributed by atoms with E-state index in [1.165, 1.54) is 36.0 Å². The molecule has 5 nitrogen and oxygen atoms in total. The molecule has 0 spiro atoms. The van der Waals surface area contributed by atoms with Crippen molar-refractivity contribution in [3.8, 4) is 0 Å². The molecule has 0 unspecified atom stereocenters. The summed E-state index contributed by atoms with van der Waals surface area (Å²) in [4.78, 5) is 33.2. The highest BCUT2D eigenvalue weighted by molar-refractivity contribution is 8.00. The molecule has 0 radical (unpaired) electrons. The average Bonchev–Trinajstić information content (AvgIpc) is 2.67. The SMILES string of the molecule is Cc1nc2ccccc2nc1C(=O)CSCCNC(=O)c1ccc(F)cc1. The molecule has 1 heterocycles. The largest absolute Gasteiger partial charge is 0.351 e. The van der Waals surface area contributed by atoms with E-state index in [-0.39, 0.29) is 23.3 Å². The van der Waals surface area contributed by atoms with Crippen molar-refractivity contribution >= 4 is 34.5 Å². The first-order valence-electron chi connectivity index (χ1n) is 8.42. The zero-order valence-electron chi connectivity index (χ0n) is 14.7. The monoisotopic (exact) mass is 383 g/mol. The van der Waals surface area contributed by atoms with E-state index in [0.717, 1.165) is 5.52 Å². The molecule has 3 rings (SSSR count). The second kappa shape index (κ2) is 8.73. The number of nitrogens with zero attached hydrogens (tertiary/aromatic N) is 2. The van der Waals surface area contributed by atoms with Crippen molar-refractivity contribution in [3.63, 3.8) is 0 Å². The molecule has 1 aromatic heterocycles. The molecule has 2 aromatic carbocycles. The van der Waals surface area contributed by atoms with Crippen molar-refractivity contribution in [1.82, 2.24) is 15.3 Å². The lowest BCUT2D eigenvalue weighted by Crippen LogP contribution is -2.26. The standard InChI is InChI=1S/C20H18FN3O2S/c1-13-19(24-17-5-3-2-4-16(17)23-13)18(25)12-27-11-10-22-20(26)14-6-8-15(21)9-7-14/h2-9H,10-12H2,1H3,(H,22,26). The highest BCUT2D eigenvalue weighted by Crippen LogP contribution is 2.14. The Labute approximate surface area is 160 Å². The number of fused-ring (bicyclic) bond motifs is 1. The van der Waals surface area contributed by atoms with Crippen LogP contribution in [0.2, 0.25) is 0 Å². The minimum Gasteiger partial charge on any atom is -0.351 e. The van der Waals surface area contributed by atoms with E-state index in [9.17, 15) is 14.0 Å². The first kappa shape index (κ1) is 19.0. The van der Waals surface area contributed by atoms with E-state index in [2.05, 4.69) is 15.3 Å². The van der Waals surface area contributed by atoms with E-state index < -0.39 is 0 Å². The van der Waals surface area contributed by atoms with Gasteiger partial charge < -0.3 is 5.32 Å². The van der Waals surface area contributed by atoms with Crippen molar-refractivity contribution in [1.29, 1.82) is 0 Å². The maximum absolute atomic E-state index is 12.9. The molecule has 7 heteroatoms. The second-order valence-corrected chi connectivity index (χ2v) is 6.99. The number of thioether (sulfide) groups is 1. The Morgan fingerprint density at radius 3 is 2.41 bits per heavy atom. The van der Waals surface area contributed by atoms with Crippen molar-refractivity contribution in [2.24, 2.45) is 0 Å². The predicted octanol–water partition coefficient (Wildman–Crippen LogP) is 3.42. The number of aromatic nitrogens is 2. The number of hydrogen-bond acceptors (Lipinski definition) is 5. The molecule has 0 atom stereocenters. The van der Waals surface area contributed by atoms with Crippen LogP contribution in [0, 0.1) is 12.7 Å². The molecule has 3 aromatic rings. The van der Waals surface area contributed by atoms with E-state index in [1.54, 1.807) is 6.92 Å². The zero-order chi connectivity index (χ0) is 19.2. The van der Waals surface area contributed by atoms with E-state index >= 15 is 0 Å². The van der Waals surface area contributed by atoms with E-state index in [0.29, 0.717) is 34.8 Å². The zero-order valence-corrected chi connectivity index (χ0v) is 15.6. The van der Waals surface area contributed by atoms with Crippen LogP contribution in [0.4, 0.5) is 4.39 Å². The molecule has 0 aliphatic heterocycles. The fraction of sp³-hybridized carbons (Fsp3) is 0.200. The molecule has 138 valence electrons. The van der Waals surface area contributed by atoms with Crippen LogP contribution in [0.25, 0.3) is 11.0 Å². The lowest BCUT2D eigenvalue weighted by atomic mass is 10.2. The first-order valence-corrected chi connectivity index (χ1v) is 9.58. The Kier molecular flexibility index (Phi) is 6.13. The number of carbonyl (C=O) groups excluding carboxylic acids is 2. The molecular weight excluding hydrogens is 365 g/mol.